The molecule has 0 aromatic carbocycles. The average Bonchev–Trinajstić information content (AvgIpc) is 2.88. The minimum Gasteiger partial charge on any atom is -0.347 e. The van der Waals surface area contributed by atoms with Crippen LogP contribution in [0.3, 0.4) is 0 Å². The lowest BCUT2D eigenvalue weighted by Crippen LogP contribution is -2.22. The Labute approximate surface area is 103 Å². The van der Waals surface area contributed by atoms with Crippen LogP contribution >= 0.6 is 22.7 Å². The van der Waals surface area contributed by atoms with Crippen LogP contribution in [0.15, 0.2) is 22.9 Å². The summed E-state index contributed by atoms with van der Waals surface area (Å²) in [4.78, 5) is 14.3. The Morgan fingerprint density at radius 2 is 2.19 bits per heavy atom. The highest BCUT2D eigenvalue weighted by atomic mass is 32.1. The molecule has 16 heavy (non-hydrogen) atoms. The van der Waals surface area contributed by atoms with Crippen LogP contribution in [0.5, 0.6) is 0 Å². The van der Waals surface area contributed by atoms with Crippen LogP contribution in [-0.4, -0.2) is 5.91 Å². The van der Waals surface area contributed by atoms with Crippen molar-refractivity contribution in [1.29, 1.82) is 0 Å². The molecule has 2 aromatic rings. The first kappa shape index (κ1) is 11.4. The molecule has 0 saturated carbocycles. The number of carbonyl (C=O) groups is 1. The van der Waals surface area contributed by atoms with Gasteiger partial charge in [0, 0.05) is 15.1 Å². The lowest BCUT2D eigenvalue weighted by atomic mass is 10.1. The fourth-order valence-corrected chi connectivity index (χ4v) is 2.92. The maximum absolute atomic E-state index is 11.9. The van der Waals surface area contributed by atoms with Gasteiger partial charge in [-0.25, -0.2) is 0 Å². The molecule has 2 rings (SSSR count). The summed E-state index contributed by atoms with van der Waals surface area (Å²) < 4.78 is 0. The van der Waals surface area contributed by atoms with Crippen LogP contribution in [0.4, 0.5) is 0 Å². The zero-order chi connectivity index (χ0) is 11.5. The molecule has 0 fully saturated rings. The van der Waals surface area contributed by atoms with Gasteiger partial charge >= 0.3 is 0 Å². The summed E-state index contributed by atoms with van der Waals surface area (Å²) in [5.41, 5.74) is 1.90. The van der Waals surface area contributed by atoms with Crippen molar-refractivity contribution in [2.75, 3.05) is 0 Å². The molecular formula is C12H13NOS2. The Kier molecular flexibility index (Phi) is 3.41. The third-order valence-electron chi connectivity index (χ3n) is 2.53. The molecule has 0 atom stereocenters. The number of aryl methyl sites for hydroxylation is 1. The number of carbonyl (C=O) groups excluding carboxylic acids is 1. The van der Waals surface area contributed by atoms with E-state index in [4.69, 9.17) is 0 Å². The monoisotopic (exact) mass is 251 g/mol. The zero-order valence-corrected chi connectivity index (χ0v) is 10.9. The number of nitrogens with one attached hydrogen (secondary N) is 1. The number of thiophene rings is 2. The number of hydrogen-bond acceptors (Lipinski definition) is 3. The first-order chi connectivity index (χ1) is 7.68. The number of rotatable bonds is 3. The molecular weight excluding hydrogens is 238 g/mol. The largest absolute Gasteiger partial charge is 0.347 e. The summed E-state index contributed by atoms with van der Waals surface area (Å²) in [5.74, 6) is 0.0234. The van der Waals surface area contributed by atoms with Gasteiger partial charge in [0.25, 0.3) is 5.91 Å². The van der Waals surface area contributed by atoms with Crippen molar-refractivity contribution in [2.24, 2.45) is 0 Å². The second kappa shape index (κ2) is 4.80. The lowest BCUT2D eigenvalue weighted by Gasteiger charge is -2.03. The molecule has 0 aliphatic rings. The summed E-state index contributed by atoms with van der Waals surface area (Å²) >= 11 is 3.28. The van der Waals surface area contributed by atoms with E-state index in [9.17, 15) is 4.79 Å². The maximum atomic E-state index is 11.9. The van der Waals surface area contributed by atoms with Crippen molar-refractivity contribution in [2.45, 2.75) is 20.4 Å². The van der Waals surface area contributed by atoms with Gasteiger partial charge in [-0.15, -0.1) is 22.7 Å². The lowest BCUT2D eigenvalue weighted by molar-refractivity contribution is 0.0951. The molecule has 0 spiro atoms. The molecule has 0 radical (unpaired) electrons. The zero-order valence-electron chi connectivity index (χ0n) is 9.24. The van der Waals surface area contributed by atoms with Crippen LogP contribution in [0, 0.1) is 13.8 Å². The molecule has 0 aliphatic carbocycles. The van der Waals surface area contributed by atoms with Crippen molar-refractivity contribution < 1.29 is 4.79 Å². The summed E-state index contributed by atoms with van der Waals surface area (Å²) in [6.45, 7) is 4.65. The number of hydrogen-bond donors (Lipinski definition) is 1. The smallest absolute Gasteiger partial charge is 0.252 e. The molecule has 0 unspecified atom stereocenters. The van der Waals surface area contributed by atoms with E-state index in [-0.39, 0.29) is 5.91 Å². The molecule has 1 amide bonds. The third kappa shape index (κ3) is 2.33. The van der Waals surface area contributed by atoms with Gasteiger partial charge in [-0.1, -0.05) is 6.07 Å². The van der Waals surface area contributed by atoms with Crippen LogP contribution in [0.25, 0.3) is 0 Å². The minimum atomic E-state index is 0.0234. The van der Waals surface area contributed by atoms with Gasteiger partial charge in [0.15, 0.2) is 0 Å². The number of amides is 1. The fraction of sp³-hybridized carbons (Fsp3) is 0.250. The molecule has 0 saturated heterocycles. The Balaban J connectivity index is 2.01. The Bertz CT molecular complexity index is 485. The van der Waals surface area contributed by atoms with E-state index in [1.165, 1.54) is 9.75 Å². The molecule has 2 nitrogen and oxygen atoms in total. The predicted octanol–water partition coefficient (Wildman–Crippen LogP) is 3.36. The van der Waals surface area contributed by atoms with Gasteiger partial charge in [-0.05, 0) is 30.9 Å². The van der Waals surface area contributed by atoms with E-state index in [1.807, 2.05) is 36.7 Å². The van der Waals surface area contributed by atoms with E-state index in [2.05, 4.69) is 5.32 Å². The Morgan fingerprint density at radius 3 is 2.75 bits per heavy atom. The van der Waals surface area contributed by atoms with Crippen molar-refractivity contribution in [3.8, 4) is 0 Å². The quantitative estimate of drug-likeness (QED) is 0.890. The predicted molar refractivity (Wildman–Crippen MR) is 69.3 cm³/mol. The van der Waals surface area contributed by atoms with Gasteiger partial charge < -0.3 is 5.32 Å². The van der Waals surface area contributed by atoms with E-state index in [0.717, 1.165) is 11.1 Å². The topological polar surface area (TPSA) is 29.1 Å². The first-order valence-corrected chi connectivity index (χ1v) is 6.79. The third-order valence-corrected chi connectivity index (χ3v) is 4.42. The average molecular weight is 251 g/mol. The second-order valence-electron chi connectivity index (χ2n) is 3.59. The van der Waals surface area contributed by atoms with Crippen molar-refractivity contribution >= 4 is 28.6 Å². The van der Waals surface area contributed by atoms with Gasteiger partial charge in [-0.3, -0.25) is 4.79 Å². The van der Waals surface area contributed by atoms with E-state index in [1.54, 1.807) is 22.7 Å². The minimum absolute atomic E-state index is 0.0234. The maximum Gasteiger partial charge on any atom is 0.252 e. The van der Waals surface area contributed by atoms with Crippen LogP contribution in [-0.2, 0) is 6.54 Å². The van der Waals surface area contributed by atoms with E-state index in [0.29, 0.717) is 6.54 Å². The highest BCUT2D eigenvalue weighted by Crippen LogP contribution is 2.20. The van der Waals surface area contributed by atoms with Crippen LogP contribution < -0.4 is 5.32 Å². The first-order valence-electron chi connectivity index (χ1n) is 5.03. The van der Waals surface area contributed by atoms with Crippen molar-refractivity contribution in [3.05, 3.63) is 43.8 Å². The summed E-state index contributed by atoms with van der Waals surface area (Å²) in [7, 11) is 0. The molecule has 2 aromatic heterocycles. The SMILES string of the molecule is Cc1scc(C(=O)NCc2cccs2)c1C. The summed E-state index contributed by atoms with van der Waals surface area (Å²) in [6.07, 6.45) is 0. The van der Waals surface area contributed by atoms with Crippen molar-refractivity contribution in [1.82, 2.24) is 5.32 Å². The van der Waals surface area contributed by atoms with Gasteiger partial charge in [0.2, 0.25) is 0 Å². The molecule has 4 heteroatoms. The summed E-state index contributed by atoms with van der Waals surface area (Å²) in [5, 5.41) is 6.87. The normalized spacial score (nSPS) is 10.4. The standard InChI is InChI=1S/C12H13NOS2/c1-8-9(2)16-7-11(8)12(14)13-6-10-4-3-5-15-10/h3-5,7H,6H2,1-2H3,(H,13,14). The summed E-state index contributed by atoms with van der Waals surface area (Å²) in [6, 6.07) is 4.02. The van der Waals surface area contributed by atoms with Gasteiger partial charge in [-0.2, -0.15) is 0 Å². The Hall–Kier alpha value is -1.13. The molecule has 0 bridgehead atoms. The van der Waals surface area contributed by atoms with Gasteiger partial charge in [0.05, 0.1) is 12.1 Å². The molecule has 0 aliphatic heterocycles. The highest BCUT2D eigenvalue weighted by Gasteiger charge is 2.11. The molecule has 2 heterocycles. The second-order valence-corrected chi connectivity index (χ2v) is 5.71. The van der Waals surface area contributed by atoms with E-state index < -0.39 is 0 Å². The van der Waals surface area contributed by atoms with Crippen LogP contribution in [0.1, 0.15) is 25.7 Å². The Morgan fingerprint density at radius 1 is 1.38 bits per heavy atom. The van der Waals surface area contributed by atoms with Crippen LogP contribution in [0.2, 0.25) is 0 Å². The van der Waals surface area contributed by atoms with Gasteiger partial charge in [0.1, 0.15) is 0 Å². The highest BCUT2D eigenvalue weighted by molar-refractivity contribution is 7.10. The van der Waals surface area contributed by atoms with Crippen molar-refractivity contribution in [3.63, 3.8) is 0 Å². The molecule has 84 valence electrons. The van der Waals surface area contributed by atoms with E-state index >= 15 is 0 Å². The fourth-order valence-electron chi connectivity index (χ4n) is 1.41. The molecule has 1 N–H and O–H groups in total.